The van der Waals surface area contributed by atoms with Gasteiger partial charge in [0.05, 0.1) is 0 Å². The lowest BCUT2D eigenvalue weighted by molar-refractivity contribution is 0.257. The monoisotopic (exact) mass is 206 g/mol. The average Bonchev–Trinajstić information content (AvgIpc) is 2.30. The summed E-state index contributed by atoms with van der Waals surface area (Å²) >= 11 is 0. The van der Waals surface area contributed by atoms with E-state index in [2.05, 4.69) is 33.9 Å². The molecule has 1 unspecified atom stereocenters. The highest BCUT2D eigenvalue weighted by Gasteiger charge is 2.21. The quantitative estimate of drug-likeness (QED) is 0.723. The van der Waals surface area contributed by atoms with Crippen LogP contribution in [0.15, 0.2) is 18.6 Å². The Labute approximate surface area is 90.9 Å². The minimum atomic E-state index is 0.647. The molecule has 0 aliphatic carbocycles. The van der Waals surface area contributed by atoms with Gasteiger partial charge in [-0.25, -0.2) is 9.97 Å². The molecule has 0 amide bonds. The standard InChI is InChI=1S/C11H18N4/c1-14(2)10-4-3-7-15(8-10)11-5-6-12-9-13-11/h5-6,9-10H,3-4,7-8H2,1-2H3. The van der Waals surface area contributed by atoms with Gasteiger partial charge in [0.2, 0.25) is 0 Å². The van der Waals surface area contributed by atoms with Crippen molar-refractivity contribution in [1.29, 1.82) is 0 Å². The van der Waals surface area contributed by atoms with E-state index in [1.54, 1.807) is 6.33 Å². The molecule has 0 bridgehead atoms. The molecule has 1 aliphatic rings. The maximum atomic E-state index is 4.29. The molecule has 1 aliphatic heterocycles. The predicted molar refractivity (Wildman–Crippen MR) is 61.0 cm³/mol. The molecule has 0 N–H and O–H groups in total. The minimum absolute atomic E-state index is 0.647. The van der Waals surface area contributed by atoms with Gasteiger partial charge in [-0.2, -0.15) is 0 Å². The third-order valence-electron chi connectivity index (χ3n) is 3.02. The molecule has 0 spiro atoms. The lowest BCUT2D eigenvalue weighted by atomic mass is 10.1. The molecule has 2 heterocycles. The Hall–Kier alpha value is -1.16. The maximum Gasteiger partial charge on any atom is 0.131 e. The zero-order chi connectivity index (χ0) is 10.7. The molecule has 0 saturated carbocycles. The van der Waals surface area contributed by atoms with E-state index < -0.39 is 0 Å². The molecule has 1 atom stereocenters. The summed E-state index contributed by atoms with van der Waals surface area (Å²) in [7, 11) is 4.29. The van der Waals surface area contributed by atoms with Crippen molar-refractivity contribution in [3.05, 3.63) is 18.6 Å². The van der Waals surface area contributed by atoms with Crippen molar-refractivity contribution >= 4 is 5.82 Å². The van der Waals surface area contributed by atoms with Gasteiger partial charge in [0.15, 0.2) is 0 Å². The minimum Gasteiger partial charge on any atom is -0.355 e. The van der Waals surface area contributed by atoms with Crippen molar-refractivity contribution in [3.63, 3.8) is 0 Å². The van der Waals surface area contributed by atoms with E-state index in [4.69, 9.17) is 0 Å². The average molecular weight is 206 g/mol. The SMILES string of the molecule is CN(C)C1CCCN(c2ccncn2)C1. The lowest BCUT2D eigenvalue weighted by Gasteiger charge is -2.36. The molecular weight excluding hydrogens is 188 g/mol. The van der Waals surface area contributed by atoms with E-state index >= 15 is 0 Å². The number of rotatable bonds is 2. The molecule has 1 aromatic rings. The molecular formula is C11H18N4. The number of piperidine rings is 1. The van der Waals surface area contributed by atoms with E-state index in [0.29, 0.717) is 6.04 Å². The van der Waals surface area contributed by atoms with Gasteiger partial charge in [-0.1, -0.05) is 0 Å². The number of hydrogen-bond acceptors (Lipinski definition) is 4. The molecule has 0 radical (unpaired) electrons. The zero-order valence-corrected chi connectivity index (χ0v) is 9.43. The highest BCUT2D eigenvalue weighted by atomic mass is 15.2. The van der Waals surface area contributed by atoms with Crippen molar-refractivity contribution in [2.24, 2.45) is 0 Å². The summed E-state index contributed by atoms with van der Waals surface area (Å²) in [5, 5.41) is 0. The van der Waals surface area contributed by atoms with Crippen LogP contribution in [-0.2, 0) is 0 Å². The predicted octanol–water partition coefficient (Wildman–Crippen LogP) is 1.01. The van der Waals surface area contributed by atoms with E-state index in [9.17, 15) is 0 Å². The van der Waals surface area contributed by atoms with Crippen molar-refractivity contribution in [3.8, 4) is 0 Å². The van der Waals surface area contributed by atoms with Crippen LogP contribution in [0.2, 0.25) is 0 Å². The molecule has 1 saturated heterocycles. The van der Waals surface area contributed by atoms with Gasteiger partial charge in [0.25, 0.3) is 0 Å². The second kappa shape index (κ2) is 4.57. The normalized spacial score (nSPS) is 22.1. The zero-order valence-electron chi connectivity index (χ0n) is 9.43. The van der Waals surface area contributed by atoms with Crippen LogP contribution in [0.5, 0.6) is 0 Å². The van der Waals surface area contributed by atoms with Gasteiger partial charge < -0.3 is 9.80 Å². The molecule has 4 heteroatoms. The fraction of sp³-hybridized carbons (Fsp3) is 0.636. The summed E-state index contributed by atoms with van der Waals surface area (Å²) in [6.45, 7) is 2.19. The first kappa shape index (κ1) is 10.4. The summed E-state index contributed by atoms with van der Waals surface area (Å²) in [4.78, 5) is 12.9. The molecule has 15 heavy (non-hydrogen) atoms. The largest absolute Gasteiger partial charge is 0.355 e. The first-order valence-corrected chi connectivity index (χ1v) is 5.45. The molecule has 0 aromatic carbocycles. The van der Waals surface area contributed by atoms with Crippen LogP contribution in [0.4, 0.5) is 5.82 Å². The fourth-order valence-electron chi connectivity index (χ4n) is 2.06. The van der Waals surface area contributed by atoms with Crippen molar-refractivity contribution < 1.29 is 0 Å². The van der Waals surface area contributed by atoms with Gasteiger partial charge in [-0.15, -0.1) is 0 Å². The van der Waals surface area contributed by atoms with Crippen LogP contribution in [0.1, 0.15) is 12.8 Å². The van der Waals surface area contributed by atoms with Gasteiger partial charge in [0.1, 0.15) is 12.1 Å². The molecule has 1 aromatic heterocycles. The molecule has 2 rings (SSSR count). The van der Waals surface area contributed by atoms with E-state index in [1.807, 2.05) is 12.3 Å². The van der Waals surface area contributed by atoms with Crippen molar-refractivity contribution in [1.82, 2.24) is 14.9 Å². The summed E-state index contributed by atoms with van der Waals surface area (Å²) in [6.07, 6.45) is 5.96. The Morgan fingerprint density at radius 1 is 1.47 bits per heavy atom. The molecule has 82 valence electrons. The molecule has 1 fully saturated rings. The van der Waals surface area contributed by atoms with Gasteiger partial charge in [-0.3, -0.25) is 0 Å². The topological polar surface area (TPSA) is 32.3 Å². The van der Waals surface area contributed by atoms with Gasteiger partial charge >= 0.3 is 0 Å². The Bertz CT molecular complexity index is 299. The van der Waals surface area contributed by atoms with Crippen LogP contribution in [0, 0.1) is 0 Å². The summed E-state index contributed by atoms with van der Waals surface area (Å²) in [6, 6.07) is 2.63. The van der Waals surface area contributed by atoms with E-state index in [-0.39, 0.29) is 0 Å². The third-order valence-corrected chi connectivity index (χ3v) is 3.02. The number of anilines is 1. The van der Waals surface area contributed by atoms with Gasteiger partial charge in [-0.05, 0) is 33.0 Å². The summed E-state index contributed by atoms with van der Waals surface area (Å²) in [5.74, 6) is 1.05. The number of aromatic nitrogens is 2. The maximum absolute atomic E-state index is 4.29. The van der Waals surface area contributed by atoms with Gasteiger partial charge in [0, 0.05) is 25.3 Å². The Morgan fingerprint density at radius 3 is 3.00 bits per heavy atom. The highest BCUT2D eigenvalue weighted by Crippen LogP contribution is 2.18. The van der Waals surface area contributed by atoms with Crippen molar-refractivity contribution in [2.75, 3.05) is 32.1 Å². The first-order valence-electron chi connectivity index (χ1n) is 5.45. The lowest BCUT2D eigenvalue weighted by Crippen LogP contribution is -2.45. The molecule has 4 nitrogen and oxygen atoms in total. The van der Waals surface area contributed by atoms with Crippen molar-refractivity contribution in [2.45, 2.75) is 18.9 Å². The highest BCUT2D eigenvalue weighted by molar-refractivity contribution is 5.37. The van der Waals surface area contributed by atoms with Crippen LogP contribution in [0.3, 0.4) is 0 Å². The summed E-state index contributed by atoms with van der Waals surface area (Å²) in [5.41, 5.74) is 0. The third kappa shape index (κ3) is 2.45. The smallest absolute Gasteiger partial charge is 0.131 e. The Morgan fingerprint density at radius 2 is 2.33 bits per heavy atom. The van der Waals surface area contributed by atoms with Crippen LogP contribution in [0.25, 0.3) is 0 Å². The van der Waals surface area contributed by atoms with E-state index in [0.717, 1.165) is 18.9 Å². The van der Waals surface area contributed by atoms with Crippen LogP contribution >= 0.6 is 0 Å². The fourth-order valence-corrected chi connectivity index (χ4v) is 2.06. The number of hydrogen-bond donors (Lipinski definition) is 0. The second-order valence-corrected chi connectivity index (χ2v) is 4.27. The van der Waals surface area contributed by atoms with Crippen LogP contribution in [-0.4, -0.2) is 48.1 Å². The number of likely N-dealkylation sites (N-methyl/N-ethyl adjacent to an activating group) is 1. The second-order valence-electron chi connectivity index (χ2n) is 4.27. The first-order chi connectivity index (χ1) is 7.27. The van der Waals surface area contributed by atoms with E-state index in [1.165, 1.54) is 12.8 Å². The Kier molecular flexibility index (Phi) is 3.16. The Balaban J connectivity index is 2.05. The number of nitrogens with zero attached hydrogens (tertiary/aromatic N) is 4. The summed E-state index contributed by atoms with van der Waals surface area (Å²) < 4.78 is 0. The van der Waals surface area contributed by atoms with Crippen LogP contribution < -0.4 is 4.90 Å².